The largest absolute Gasteiger partial charge is 0.573 e. The number of anilines is 2. The van der Waals surface area contributed by atoms with Crippen molar-refractivity contribution in [1.29, 1.82) is 0 Å². The van der Waals surface area contributed by atoms with Crippen molar-refractivity contribution in [2.45, 2.75) is 38.1 Å². The fourth-order valence-electron chi connectivity index (χ4n) is 4.19. The van der Waals surface area contributed by atoms with E-state index in [2.05, 4.69) is 25.0 Å². The van der Waals surface area contributed by atoms with Crippen LogP contribution in [0.3, 0.4) is 0 Å². The van der Waals surface area contributed by atoms with E-state index in [1.54, 1.807) is 11.5 Å². The van der Waals surface area contributed by atoms with Crippen LogP contribution in [0.15, 0.2) is 35.5 Å². The molecule has 10 nitrogen and oxygen atoms in total. The highest BCUT2D eigenvalue weighted by molar-refractivity contribution is 7.89. The van der Waals surface area contributed by atoms with Crippen LogP contribution in [0.5, 0.6) is 5.75 Å². The van der Waals surface area contributed by atoms with Gasteiger partial charge in [-0.2, -0.15) is 4.31 Å². The second-order valence-corrected chi connectivity index (χ2v) is 11.0. The molecule has 0 radical (unpaired) electrons. The number of piperazine rings is 1. The summed E-state index contributed by atoms with van der Waals surface area (Å²) in [6, 6.07) is 3.14. The summed E-state index contributed by atoms with van der Waals surface area (Å²) in [5.41, 5.74) is 0.348. The third-order valence-electron chi connectivity index (χ3n) is 5.99. The number of sulfonamides is 1. The Morgan fingerprint density at radius 1 is 1.08 bits per heavy atom. The van der Waals surface area contributed by atoms with Crippen LogP contribution in [0, 0.1) is 12.7 Å². The van der Waals surface area contributed by atoms with E-state index in [0.29, 0.717) is 24.6 Å². The Hall–Kier alpha value is -3.01. The quantitative estimate of drug-likeness (QED) is 0.403. The maximum absolute atomic E-state index is 14.7. The van der Waals surface area contributed by atoms with Crippen molar-refractivity contribution in [3.8, 4) is 17.1 Å². The van der Waals surface area contributed by atoms with Crippen LogP contribution in [-0.4, -0.2) is 76.7 Å². The van der Waals surface area contributed by atoms with E-state index >= 15 is 0 Å². The Labute approximate surface area is 229 Å². The van der Waals surface area contributed by atoms with Gasteiger partial charge in [0, 0.05) is 44.0 Å². The Bertz CT molecular complexity index is 1430. The van der Waals surface area contributed by atoms with Crippen LogP contribution in [0.2, 0.25) is 0 Å². The molecule has 0 aliphatic carbocycles. The minimum Gasteiger partial charge on any atom is -0.404 e. The summed E-state index contributed by atoms with van der Waals surface area (Å²) in [4.78, 5) is 13.6. The van der Waals surface area contributed by atoms with E-state index in [1.165, 1.54) is 12.3 Å². The monoisotopic (exact) mass is 593 g/mol. The van der Waals surface area contributed by atoms with Gasteiger partial charge in [-0.1, -0.05) is 0 Å². The average Bonchev–Trinajstić information content (AvgIpc) is 3.21. The summed E-state index contributed by atoms with van der Waals surface area (Å²) in [5, 5.41) is 2.71. The Morgan fingerprint density at radius 2 is 1.74 bits per heavy atom. The lowest BCUT2D eigenvalue weighted by molar-refractivity contribution is -0.275. The summed E-state index contributed by atoms with van der Waals surface area (Å²) in [6.07, 6.45) is -2.74. The number of halogens is 5. The fraction of sp³-hybridized carbons (Fsp3) is 0.435. The number of aryl methyl sites for hydroxylation is 1. The van der Waals surface area contributed by atoms with E-state index < -0.39 is 32.8 Å². The summed E-state index contributed by atoms with van der Waals surface area (Å²) in [5.74, 6) is -1.10. The smallest absolute Gasteiger partial charge is 0.404 e. The molecule has 0 bridgehead atoms. The fourth-order valence-corrected chi connectivity index (χ4v) is 5.70. The lowest BCUT2D eigenvalue weighted by atomic mass is 10.2. The minimum atomic E-state index is -5.14. The lowest BCUT2D eigenvalue weighted by Gasteiger charge is -2.32. The molecule has 2 aromatic heterocycles. The van der Waals surface area contributed by atoms with Crippen LogP contribution in [0.1, 0.15) is 25.7 Å². The first-order valence-electron chi connectivity index (χ1n) is 11.7. The van der Waals surface area contributed by atoms with E-state index in [4.69, 9.17) is 0 Å². The third-order valence-corrected chi connectivity index (χ3v) is 7.93. The van der Waals surface area contributed by atoms with Gasteiger partial charge in [-0.25, -0.2) is 27.8 Å². The second-order valence-electron chi connectivity index (χ2n) is 9.09. The standard InChI is InChI=1S/C23H27F4N7O3S.ClH/c1-14(2)34-15(3)28-13-18(34)21-17(24)12-29-22(31-21)30-16-5-6-20(19(11-16)37-23(25,26)27)38(35,36)33-9-7-32(4)8-10-33;/h5-6,11-14H,7-10H2,1-4H3,(H,29,30,31);1H. The van der Waals surface area contributed by atoms with Crippen molar-refractivity contribution in [1.82, 2.24) is 28.7 Å². The predicted molar refractivity (Wildman–Crippen MR) is 138 cm³/mol. The Morgan fingerprint density at radius 3 is 2.36 bits per heavy atom. The van der Waals surface area contributed by atoms with Gasteiger partial charge in [0.2, 0.25) is 16.0 Å². The third kappa shape index (κ3) is 6.77. The predicted octanol–water partition coefficient (Wildman–Crippen LogP) is 4.37. The Balaban J connectivity index is 0.00000420. The molecule has 0 atom stereocenters. The second kappa shape index (κ2) is 11.6. The number of hydrogen-bond acceptors (Lipinski definition) is 8. The van der Waals surface area contributed by atoms with Gasteiger partial charge in [-0.3, -0.25) is 0 Å². The van der Waals surface area contributed by atoms with Gasteiger partial charge in [0.25, 0.3) is 0 Å². The molecule has 4 rings (SSSR count). The van der Waals surface area contributed by atoms with E-state index in [-0.39, 0.29) is 48.9 Å². The maximum atomic E-state index is 14.7. The highest BCUT2D eigenvalue weighted by Gasteiger charge is 2.36. The van der Waals surface area contributed by atoms with Gasteiger partial charge in [-0.05, 0) is 40.0 Å². The maximum Gasteiger partial charge on any atom is 0.573 e. The molecule has 0 amide bonds. The highest BCUT2D eigenvalue weighted by Crippen LogP contribution is 2.35. The number of hydrogen-bond donors (Lipinski definition) is 1. The van der Waals surface area contributed by atoms with Crippen molar-refractivity contribution >= 4 is 34.1 Å². The first kappa shape index (κ1) is 30.5. The molecule has 3 aromatic rings. The summed E-state index contributed by atoms with van der Waals surface area (Å²) in [6.45, 7) is 6.70. The minimum absolute atomic E-state index is 0. The SMILES string of the molecule is Cc1ncc(-c2nc(Nc3ccc(S(=O)(=O)N4CCN(C)CC4)c(OC(F)(F)F)c3)ncc2F)n1C(C)C.Cl. The zero-order valence-corrected chi connectivity index (χ0v) is 23.2. The van der Waals surface area contributed by atoms with E-state index in [0.717, 1.165) is 22.6 Å². The van der Waals surface area contributed by atoms with Gasteiger partial charge in [0.15, 0.2) is 11.6 Å². The molecule has 16 heteroatoms. The molecular weight excluding hydrogens is 566 g/mol. The van der Waals surface area contributed by atoms with Crippen LogP contribution >= 0.6 is 12.4 Å². The van der Waals surface area contributed by atoms with Gasteiger partial charge >= 0.3 is 6.36 Å². The van der Waals surface area contributed by atoms with Crippen LogP contribution < -0.4 is 10.1 Å². The van der Waals surface area contributed by atoms with Crippen molar-refractivity contribution < 1.29 is 30.7 Å². The number of benzene rings is 1. The molecule has 1 saturated heterocycles. The molecule has 39 heavy (non-hydrogen) atoms. The summed E-state index contributed by atoms with van der Waals surface area (Å²) >= 11 is 0. The van der Waals surface area contributed by atoms with Gasteiger partial charge in [0.05, 0.1) is 18.1 Å². The zero-order chi connectivity index (χ0) is 27.8. The highest BCUT2D eigenvalue weighted by atomic mass is 35.5. The normalized spacial score (nSPS) is 15.3. The molecule has 1 fully saturated rings. The molecular formula is C23H28ClF4N7O3S. The molecule has 0 saturated carbocycles. The number of aromatic nitrogens is 4. The van der Waals surface area contributed by atoms with Gasteiger partial charge in [0.1, 0.15) is 16.4 Å². The first-order valence-corrected chi connectivity index (χ1v) is 13.1. The van der Waals surface area contributed by atoms with Crippen LogP contribution in [0.4, 0.5) is 29.2 Å². The molecule has 1 aliphatic rings. The van der Waals surface area contributed by atoms with Crippen molar-refractivity contribution in [2.75, 3.05) is 38.5 Å². The molecule has 1 aromatic carbocycles. The van der Waals surface area contributed by atoms with Crippen LogP contribution in [-0.2, 0) is 10.0 Å². The number of likely N-dealkylation sites (N-methyl/N-ethyl adjacent to an activating group) is 1. The first-order chi connectivity index (χ1) is 17.8. The lowest BCUT2D eigenvalue weighted by Crippen LogP contribution is -2.47. The van der Waals surface area contributed by atoms with E-state index in [1.807, 2.05) is 25.8 Å². The summed E-state index contributed by atoms with van der Waals surface area (Å²) in [7, 11) is -2.45. The molecule has 0 unspecified atom stereocenters. The summed E-state index contributed by atoms with van der Waals surface area (Å²) < 4.78 is 87.6. The topological polar surface area (TPSA) is 105 Å². The van der Waals surface area contributed by atoms with Crippen LogP contribution in [0.25, 0.3) is 11.4 Å². The number of rotatable bonds is 7. The van der Waals surface area contributed by atoms with Gasteiger partial charge in [-0.15, -0.1) is 25.6 Å². The molecule has 3 heterocycles. The molecule has 214 valence electrons. The molecule has 0 spiro atoms. The average molecular weight is 594 g/mol. The van der Waals surface area contributed by atoms with Crippen molar-refractivity contribution in [2.24, 2.45) is 0 Å². The number of ether oxygens (including phenoxy) is 1. The van der Waals surface area contributed by atoms with E-state index in [9.17, 15) is 26.0 Å². The number of imidazole rings is 1. The zero-order valence-electron chi connectivity index (χ0n) is 21.5. The number of nitrogens with zero attached hydrogens (tertiary/aromatic N) is 6. The Kier molecular flexibility index (Phi) is 9.09. The molecule has 1 N–H and O–H groups in total. The van der Waals surface area contributed by atoms with Gasteiger partial charge < -0.3 is 19.5 Å². The number of nitrogens with one attached hydrogen (secondary N) is 1. The van der Waals surface area contributed by atoms with Crippen molar-refractivity contribution in [3.63, 3.8) is 0 Å². The number of alkyl halides is 3. The molecule has 1 aliphatic heterocycles. The van der Waals surface area contributed by atoms with Crippen molar-refractivity contribution in [3.05, 3.63) is 42.2 Å².